The van der Waals surface area contributed by atoms with Crippen LogP contribution in [0.3, 0.4) is 0 Å². The summed E-state index contributed by atoms with van der Waals surface area (Å²) < 4.78 is 18.5. The summed E-state index contributed by atoms with van der Waals surface area (Å²) >= 11 is 7.55. The van der Waals surface area contributed by atoms with E-state index in [4.69, 9.17) is 16.3 Å². The van der Waals surface area contributed by atoms with E-state index < -0.39 is 5.97 Å². The molecule has 4 aromatic rings. The molecule has 0 aliphatic heterocycles. The predicted molar refractivity (Wildman–Crippen MR) is 113 cm³/mol. The van der Waals surface area contributed by atoms with Crippen LogP contribution in [-0.4, -0.2) is 23.0 Å². The van der Waals surface area contributed by atoms with Crippen molar-refractivity contribution >= 4 is 44.9 Å². The monoisotopic (exact) mass is 427 g/mol. The quantitative estimate of drug-likeness (QED) is 0.423. The molecule has 2 aromatic carbocycles. The van der Waals surface area contributed by atoms with E-state index in [1.807, 2.05) is 6.07 Å². The maximum atomic E-state index is 13.1. The zero-order valence-corrected chi connectivity index (χ0v) is 16.9. The summed E-state index contributed by atoms with van der Waals surface area (Å²) in [5, 5.41) is 4.10. The van der Waals surface area contributed by atoms with Crippen LogP contribution in [0.4, 0.5) is 10.2 Å². The molecule has 0 amide bonds. The van der Waals surface area contributed by atoms with Crippen LogP contribution >= 0.6 is 22.9 Å². The van der Waals surface area contributed by atoms with E-state index in [9.17, 15) is 9.18 Å². The lowest BCUT2D eigenvalue weighted by atomic mass is 10.1. The standard InChI is InChI=1S/C21H15ClFN3O2S/c1-28-21(27)14-6-4-13(5-7-14)18-25-19(16-10-17(22)29-20(16)26-18)24-11-12-2-8-15(23)9-3-12/h2-10H,11H2,1H3,(H,24,25,26). The molecule has 2 aromatic heterocycles. The molecule has 2 heterocycles. The lowest BCUT2D eigenvalue weighted by Crippen LogP contribution is -2.04. The third kappa shape index (κ3) is 4.21. The van der Waals surface area contributed by atoms with Gasteiger partial charge in [0.05, 0.1) is 22.4 Å². The van der Waals surface area contributed by atoms with E-state index in [-0.39, 0.29) is 5.82 Å². The average molecular weight is 428 g/mol. The number of halogens is 2. The second-order valence-corrected chi connectivity index (χ2v) is 7.88. The van der Waals surface area contributed by atoms with Crippen molar-refractivity contribution in [2.24, 2.45) is 0 Å². The maximum Gasteiger partial charge on any atom is 0.337 e. The summed E-state index contributed by atoms with van der Waals surface area (Å²) in [5.41, 5.74) is 2.13. The fraction of sp³-hybridized carbons (Fsp3) is 0.0952. The van der Waals surface area contributed by atoms with Gasteiger partial charge in [0, 0.05) is 12.1 Å². The van der Waals surface area contributed by atoms with Crippen LogP contribution in [0, 0.1) is 5.82 Å². The number of anilines is 1. The van der Waals surface area contributed by atoms with Gasteiger partial charge in [-0.1, -0.05) is 35.9 Å². The van der Waals surface area contributed by atoms with Gasteiger partial charge in [0.15, 0.2) is 5.82 Å². The molecular weight excluding hydrogens is 413 g/mol. The average Bonchev–Trinajstić information content (AvgIpc) is 3.13. The van der Waals surface area contributed by atoms with Gasteiger partial charge in [-0.2, -0.15) is 0 Å². The van der Waals surface area contributed by atoms with Gasteiger partial charge in [-0.05, 0) is 35.9 Å². The molecule has 8 heteroatoms. The van der Waals surface area contributed by atoms with E-state index >= 15 is 0 Å². The van der Waals surface area contributed by atoms with Gasteiger partial charge in [0.2, 0.25) is 0 Å². The zero-order valence-electron chi connectivity index (χ0n) is 15.3. The summed E-state index contributed by atoms with van der Waals surface area (Å²) in [4.78, 5) is 21.6. The van der Waals surface area contributed by atoms with Crippen molar-refractivity contribution in [2.75, 3.05) is 12.4 Å². The van der Waals surface area contributed by atoms with Crippen molar-refractivity contribution in [2.45, 2.75) is 6.54 Å². The minimum absolute atomic E-state index is 0.277. The fourth-order valence-corrected chi connectivity index (χ4v) is 3.90. The van der Waals surface area contributed by atoms with Crippen molar-refractivity contribution in [3.8, 4) is 11.4 Å². The van der Waals surface area contributed by atoms with Gasteiger partial charge in [-0.25, -0.2) is 19.2 Å². The van der Waals surface area contributed by atoms with Gasteiger partial charge in [-0.3, -0.25) is 0 Å². The summed E-state index contributed by atoms with van der Waals surface area (Å²) in [5.74, 6) is 0.462. The number of esters is 1. The number of aromatic nitrogens is 2. The first-order valence-electron chi connectivity index (χ1n) is 8.67. The molecule has 0 aliphatic rings. The molecule has 5 nitrogen and oxygen atoms in total. The SMILES string of the molecule is COC(=O)c1ccc(-c2nc(NCc3ccc(F)cc3)c3cc(Cl)sc3n2)cc1. The van der Waals surface area contributed by atoms with Gasteiger partial charge in [-0.15, -0.1) is 11.3 Å². The highest BCUT2D eigenvalue weighted by atomic mass is 35.5. The molecule has 0 saturated carbocycles. The number of methoxy groups -OCH3 is 1. The second-order valence-electron chi connectivity index (χ2n) is 6.21. The molecular formula is C21H15ClFN3O2S. The topological polar surface area (TPSA) is 64.1 Å². The summed E-state index contributed by atoms with van der Waals surface area (Å²) in [6, 6.07) is 15.0. The van der Waals surface area contributed by atoms with Gasteiger partial charge in [0.1, 0.15) is 16.5 Å². The molecule has 0 aliphatic carbocycles. The first kappa shape index (κ1) is 19.3. The number of hydrogen-bond acceptors (Lipinski definition) is 6. The Labute approximate surface area is 175 Å². The summed E-state index contributed by atoms with van der Waals surface area (Å²) in [6.07, 6.45) is 0. The molecule has 0 fully saturated rings. The Morgan fingerprint density at radius 1 is 1.14 bits per heavy atom. The smallest absolute Gasteiger partial charge is 0.337 e. The Hall–Kier alpha value is -3.03. The van der Waals surface area contributed by atoms with Crippen molar-refractivity contribution < 1.29 is 13.9 Å². The predicted octanol–water partition coefficient (Wildman–Crippen LogP) is 5.55. The van der Waals surface area contributed by atoms with Crippen LogP contribution in [0.15, 0.2) is 54.6 Å². The second kappa shape index (κ2) is 8.14. The van der Waals surface area contributed by atoms with Gasteiger partial charge < -0.3 is 10.1 Å². The van der Waals surface area contributed by atoms with Crippen molar-refractivity contribution in [3.63, 3.8) is 0 Å². The number of carbonyl (C=O) groups is 1. The third-order valence-electron chi connectivity index (χ3n) is 4.30. The van der Waals surface area contributed by atoms with E-state index in [0.717, 1.165) is 21.3 Å². The highest BCUT2D eigenvalue weighted by Crippen LogP contribution is 2.34. The van der Waals surface area contributed by atoms with E-state index in [1.54, 1.807) is 36.4 Å². The molecule has 0 spiro atoms. The lowest BCUT2D eigenvalue weighted by molar-refractivity contribution is 0.0600. The number of thiophene rings is 1. The molecule has 146 valence electrons. The first-order valence-corrected chi connectivity index (χ1v) is 9.87. The maximum absolute atomic E-state index is 13.1. The van der Waals surface area contributed by atoms with Crippen molar-refractivity contribution in [1.82, 2.24) is 9.97 Å². The highest BCUT2D eigenvalue weighted by molar-refractivity contribution is 7.22. The molecule has 0 unspecified atom stereocenters. The van der Waals surface area contributed by atoms with E-state index in [2.05, 4.69) is 15.3 Å². The number of rotatable bonds is 5. The first-order chi connectivity index (χ1) is 14.0. The van der Waals surface area contributed by atoms with Gasteiger partial charge >= 0.3 is 5.97 Å². The van der Waals surface area contributed by atoms with Crippen molar-refractivity contribution in [3.05, 3.63) is 75.9 Å². The number of ether oxygens (including phenoxy) is 1. The Morgan fingerprint density at radius 2 is 1.86 bits per heavy atom. The summed E-state index contributed by atoms with van der Waals surface area (Å²) in [7, 11) is 1.34. The molecule has 4 rings (SSSR count). The Morgan fingerprint density at radius 3 is 2.55 bits per heavy atom. The number of nitrogens with one attached hydrogen (secondary N) is 1. The Kier molecular flexibility index (Phi) is 5.42. The van der Waals surface area contributed by atoms with Crippen molar-refractivity contribution in [1.29, 1.82) is 0 Å². The third-order valence-corrected chi connectivity index (χ3v) is 5.46. The largest absolute Gasteiger partial charge is 0.465 e. The number of fused-ring (bicyclic) bond motifs is 1. The van der Waals surface area contributed by atoms with Crippen LogP contribution < -0.4 is 5.32 Å². The molecule has 1 N–H and O–H groups in total. The minimum Gasteiger partial charge on any atom is -0.465 e. The highest BCUT2D eigenvalue weighted by Gasteiger charge is 2.13. The van der Waals surface area contributed by atoms with Crippen LogP contribution in [0.1, 0.15) is 15.9 Å². The van der Waals surface area contributed by atoms with Crippen LogP contribution in [0.2, 0.25) is 4.34 Å². The normalized spacial score (nSPS) is 10.9. The minimum atomic E-state index is -0.403. The number of benzene rings is 2. The molecule has 0 atom stereocenters. The van der Waals surface area contributed by atoms with Crippen LogP contribution in [0.5, 0.6) is 0 Å². The molecule has 0 bridgehead atoms. The number of hydrogen-bond donors (Lipinski definition) is 1. The Balaban J connectivity index is 1.68. The van der Waals surface area contributed by atoms with Crippen LogP contribution in [0.25, 0.3) is 21.6 Å². The zero-order chi connectivity index (χ0) is 20.4. The summed E-state index contributed by atoms with van der Waals surface area (Å²) in [6.45, 7) is 0.473. The molecule has 0 radical (unpaired) electrons. The van der Waals surface area contributed by atoms with E-state index in [1.165, 1.54) is 30.6 Å². The lowest BCUT2D eigenvalue weighted by Gasteiger charge is -2.09. The van der Waals surface area contributed by atoms with Crippen LogP contribution in [-0.2, 0) is 11.3 Å². The molecule has 0 saturated heterocycles. The Bertz CT molecular complexity index is 1180. The van der Waals surface area contributed by atoms with E-state index in [0.29, 0.717) is 28.1 Å². The fourth-order valence-electron chi connectivity index (χ4n) is 2.82. The van der Waals surface area contributed by atoms with Gasteiger partial charge in [0.25, 0.3) is 0 Å². The number of nitrogens with zero attached hydrogens (tertiary/aromatic N) is 2. The number of carbonyl (C=O) groups excluding carboxylic acids is 1. The molecule has 29 heavy (non-hydrogen) atoms.